The van der Waals surface area contributed by atoms with Crippen molar-refractivity contribution in [2.75, 3.05) is 24.3 Å². The van der Waals surface area contributed by atoms with E-state index in [4.69, 9.17) is 14.8 Å². The molecule has 2 aromatic heterocycles. The van der Waals surface area contributed by atoms with E-state index >= 15 is 0 Å². The van der Waals surface area contributed by atoms with Crippen LogP contribution in [0.1, 0.15) is 40.0 Å². The van der Waals surface area contributed by atoms with Gasteiger partial charge in [0.15, 0.2) is 0 Å². The summed E-state index contributed by atoms with van der Waals surface area (Å²) >= 11 is 0. The molecule has 2 N–H and O–H groups in total. The zero-order chi connectivity index (χ0) is 36.7. The minimum Gasteiger partial charge on any atom is -0.495 e. The second-order valence-corrected chi connectivity index (χ2v) is 12.4. The maximum atomic E-state index is 14.4. The number of halogens is 5. The number of pyridine rings is 1. The van der Waals surface area contributed by atoms with Gasteiger partial charge < -0.3 is 20.3 Å². The normalized spacial score (nSPS) is 17.1. The number of amides is 2. The van der Waals surface area contributed by atoms with Crippen LogP contribution in [0.5, 0.6) is 5.75 Å². The first-order valence-corrected chi connectivity index (χ1v) is 16.2. The van der Waals surface area contributed by atoms with Crippen LogP contribution in [-0.2, 0) is 17.8 Å². The number of methoxy groups -OCH3 is 1. The first-order valence-electron chi connectivity index (χ1n) is 16.2. The lowest BCUT2D eigenvalue weighted by atomic mass is 9.91. The minimum atomic E-state index is -4.95. The molecule has 2 aliphatic heterocycles. The molecule has 0 bridgehead atoms. The van der Waals surface area contributed by atoms with Gasteiger partial charge in [0, 0.05) is 48.2 Å². The molecular formula is C37H30F5N7O3. The molecule has 3 aromatic carbocycles. The Balaban J connectivity index is 1.22. The van der Waals surface area contributed by atoms with E-state index in [0.29, 0.717) is 28.9 Å². The number of carbonyl (C=O) groups is 2. The molecule has 0 saturated carbocycles. The van der Waals surface area contributed by atoms with Gasteiger partial charge in [0.05, 0.1) is 30.0 Å². The molecule has 15 heteroatoms. The molecule has 10 nitrogen and oxygen atoms in total. The topological polar surface area (TPSA) is 113 Å². The van der Waals surface area contributed by atoms with E-state index in [2.05, 4.69) is 15.6 Å². The molecule has 0 radical (unpaired) electrons. The number of fused-ring (bicyclic) bond motifs is 2. The predicted octanol–water partition coefficient (Wildman–Crippen LogP) is 7.22. The average molecular weight is 716 g/mol. The quantitative estimate of drug-likeness (QED) is 0.181. The molecule has 52 heavy (non-hydrogen) atoms. The molecule has 2 atom stereocenters. The molecule has 7 rings (SSSR count). The fourth-order valence-corrected chi connectivity index (χ4v) is 6.44. The summed E-state index contributed by atoms with van der Waals surface area (Å²) in [4.78, 5) is 35.2. The van der Waals surface area contributed by atoms with Gasteiger partial charge >= 0.3 is 12.1 Å². The number of guanidine groups is 1. The Morgan fingerprint density at radius 3 is 2.50 bits per heavy atom. The van der Waals surface area contributed by atoms with Crippen LogP contribution >= 0.6 is 0 Å². The number of carbonyl (C=O) groups excluding carboxylic acids is 2. The van der Waals surface area contributed by atoms with Gasteiger partial charge in [-0.2, -0.15) is 18.3 Å². The Morgan fingerprint density at radius 1 is 0.962 bits per heavy atom. The van der Waals surface area contributed by atoms with Crippen molar-refractivity contribution in [3.8, 4) is 17.0 Å². The number of rotatable bonds is 6. The van der Waals surface area contributed by atoms with E-state index in [9.17, 15) is 31.5 Å². The Morgan fingerprint density at radius 2 is 1.75 bits per heavy atom. The summed E-state index contributed by atoms with van der Waals surface area (Å²) in [5.74, 6) is -4.62. The summed E-state index contributed by atoms with van der Waals surface area (Å²) in [6.45, 7) is 1.74. The van der Waals surface area contributed by atoms with Crippen LogP contribution in [0.2, 0.25) is 0 Å². The predicted molar refractivity (Wildman–Crippen MR) is 185 cm³/mol. The van der Waals surface area contributed by atoms with Crippen molar-refractivity contribution < 1.29 is 36.3 Å². The highest BCUT2D eigenvalue weighted by atomic mass is 19.4. The summed E-state index contributed by atoms with van der Waals surface area (Å²) in [5.41, 5.74) is 3.93. The number of hydrogen-bond acceptors (Lipinski definition) is 7. The van der Waals surface area contributed by atoms with Crippen LogP contribution in [0.25, 0.3) is 16.8 Å². The fraction of sp³-hybridized carbons (Fsp3) is 0.216. The third kappa shape index (κ3) is 6.56. The van der Waals surface area contributed by atoms with E-state index in [0.717, 1.165) is 33.7 Å². The summed E-state index contributed by atoms with van der Waals surface area (Å²) < 4.78 is 75.4. The first kappa shape index (κ1) is 34.3. The number of hydrogen-bond donors (Lipinski definition) is 2. The molecule has 0 saturated heterocycles. The number of anilines is 2. The molecular weight excluding hydrogens is 685 g/mol. The Labute approximate surface area is 293 Å². The van der Waals surface area contributed by atoms with E-state index < -0.39 is 41.2 Å². The van der Waals surface area contributed by atoms with Gasteiger partial charge in [-0.1, -0.05) is 25.1 Å². The van der Waals surface area contributed by atoms with Crippen molar-refractivity contribution in [2.45, 2.75) is 32.1 Å². The standard InChI is InChI=1S/C37H30F5N7O3/c1-20-18-43-36(44-24-11-9-21-13-15-48(19-23(21)16-24)35(51)37(40,41)42)46-32(20)31-28-8-3-4-14-49(28)47-33(31)22-10-12-29(52-2)27(17-22)45-34(50)30-25(38)6-5-7-26(30)39/h3-12,14,16-18,20,32H,13,15,19H2,1-2H3,(H,44,46)(H,45,50). The number of nitrogens with one attached hydrogen (secondary N) is 2. The van der Waals surface area contributed by atoms with Crippen LogP contribution in [0.3, 0.4) is 0 Å². The maximum absolute atomic E-state index is 14.4. The van der Waals surface area contributed by atoms with E-state index in [1.165, 1.54) is 13.2 Å². The molecule has 0 fully saturated rings. The molecule has 0 spiro atoms. The number of aromatic nitrogens is 2. The SMILES string of the molecule is COc1ccc(-c2nn3ccccc3c2C2N=C(Nc3ccc4c(c3)CN(C(=O)C(F)(F)F)CC4)N=CC2C)cc1NC(=O)c1c(F)cccc1F. The first-order chi connectivity index (χ1) is 24.9. The largest absolute Gasteiger partial charge is 0.495 e. The number of alkyl halides is 3. The lowest BCUT2D eigenvalue weighted by Crippen LogP contribution is -2.43. The summed E-state index contributed by atoms with van der Waals surface area (Å²) in [6.07, 6.45) is -1.14. The number of ether oxygens (including phenoxy) is 1. The van der Waals surface area contributed by atoms with Gasteiger partial charge in [0.25, 0.3) is 5.91 Å². The second-order valence-electron chi connectivity index (χ2n) is 12.4. The lowest BCUT2D eigenvalue weighted by Gasteiger charge is -2.30. The smallest absolute Gasteiger partial charge is 0.471 e. The maximum Gasteiger partial charge on any atom is 0.471 e. The number of benzene rings is 3. The van der Waals surface area contributed by atoms with Crippen LogP contribution in [0.4, 0.5) is 33.3 Å². The highest BCUT2D eigenvalue weighted by molar-refractivity contribution is 6.06. The second kappa shape index (κ2) is 13.5. The third-order valence-corrected chi connectivity index (χ3v) is 8.98. The van der Waals surface area contributed by atoms with Crippen LogP contribution in [0, 0.1) is 17.6 Å². The highest BCUT2D eigenvalue weighted by Gasteiger charge is 2.43. The van der Waals surface area contributed by atoms with Gasteiger partial charge in [-0.15, -0.1) is 0 Å². The molecule has 266 valence electrons. The Bertz CT molecular complexity index is 2260. The van der Waals surface area contributed by atoms with Crippen molar-refractivity contribution in [3.63, 3.8) is 0 Å². The zero-order valence-corrected chi connectivity index (χ0v) is 27.7. The zero-order valence-electron chi connectivity index (χ0n) is 27.7. The van der Waals surface area contributed by atoms with Crippen LogP contribution in [-0.4, -0.2) is 58.3 Å². The minimum absolute atomic E-state index is 0.0249. The van der Waals surface area contributed by atoms with Gasteiger partial charge in [-0.25, -0.2) is 23.3 Å². The fourth-order valence-electron chi connectivity index (χ4n) is 6.44. The lowest BCUT2D eigenvalue weighted by molar-refractivity contribution is -0.186. The summed E-state index contributed by atoms with van der Waals surface area (Å²) in [5, 5.41) is 10.6. The molecule has 2 unspecified atom stereocenters. The number of aliphatic imine (C=N–C) groups is 2. The summed E-state index contributed by atoms with van der Waals surface area (Å²) in [6, 6.07) is 18.4. The molecule has 2 aliphatic rings. The van der Waals surface area contributed by atoms with Crippen LogP contribution < -0.4 is 15.4 Å². The van der Waals surface area contributed by atoms with Gasteiger partial charge in [-0.3, -0.25) is 9.59 Å². The molecule has 4 heterocycles. The van der Waals surface area contributed by atoms with Gasteiger partial charge in [-0.05, 0) is 72.1 Å². The van der Waals surface area contributed by atoms with E-state index in [1.54, 1.807) is 47.3 Å². The third-order valence-electron chi connectivity index (χ3n) is 8.98. The van der Waals surface area contributed by atoms with Crippen molar-refractivity contribution in [2.24, 2.45) is 15.9 Å². The average Bonchev–Trinajstić information content (AvgIpc) is 3.51. The van der Waals surface area contributed by atoms with Crippen molar-refractivity contribution in [1.29, 1.82) is 0 Å². The van der Waals surface area contributed by atoms with Crippen molar-refractivity contribution in [3.05, 3.63) is 113 Å². The number of nitrogens with zero attached hydrogens (tertiary/aromatic N) is 5. The van der Waals surface area contributed by atoms with Crippen LogP contribution in [0.15, 0.2) is 89.0 Å². The highest BCUT2D eigenvalue weighted by Crippen LogP contribution is 2.40. The molecule has 0 aliphatic carbocycles. The molecule has 2 amide bonds. The van der Waals surface area contributed by atoms with E-state index in [-0.39, 0.29) is 36.4 Å². The summed E-state index contributed by atoms with van der Waals surface area (Å²) in [7, 11) is 1.40. The molecule has 5 aromatic rings. The Kier molecular flexibility index (Phi) is 8.94. The van der Waals surface area contributed by atoms with E-state index in [1.807, 2.05) is 31.2 Å². The van der Waals surface area contributed by atoms with Crippen molar-refractivity contribution >= 4 is 40.9 Å². The van der Waals surface area contributed by atoms with Gasteiger partial charge in [0.2, 0.25) is 5.96 Å². The monoisotopic (exact) mass is 715 g/mol. The Hall–Kier alpha value is -6.12. The van der Waals surface area contributed by atoms with Crippen molar-refractivity contribution in [1.82, 2.24) is 14.5 Å². The van der Waals surface area contributed by atoms with Gasteiger partial charge in [0.1, 0.15) is 22.9 Å².